The predicted molar refractivity (Wildman–Crippen MR) is 73.7 cm³/mol. The van der Waals surface area contributed by atoms with Crippen molar-refractivity contribution in [2.45, 2.75) is 24.5 Å². The Kier molecular flexibility index (Phi) is 4.06. The number of nitrogens with two attached hydrogens (primary N) is 1. The van der Waals surface area contributed by atoms with Gasteiger partial charge in [0.25, 0.3) is 0 Å². The first-order chi connectivity index (χ1) is 10.8. The monoisotopic (exact) mass is 347 g/mol. The molecule has 0 aliphatic carbocycles. The van der Waals surface area contributed by atoms with E-state index in [0.29, 0.717) is 0 Å². The number of aliphatic hydroxyl groups excluding tert-OH is 2. The molecule has 2 aromatic heterocycles. The molecule has 0 bridgehead atoms. The van der Waals surface area contributed by atoms with Gasteiger partial charge in [-0.2, -0.15) is 0 Å². The predicted octanol–water partition coefficient (Wildman–Crippen LogP) is -1.86. The van der Waals surface area contributed by atoms with Gasteiger partial charge in [0, 0.05) is 0 Å². The van der Waals surface area contributed by atoms with Gasteiger partial charge in [0.2, 0.25) is 0 Å². The van der Waals surface area contributed by atoms with Crippen molar-refractivity contribution in [2.75, 3.05) is 12.3 Å². The standard InChI is InChI=1S/C10H14N5O7P/c11-8-5-9(13-2-12-8)15(3-14-5)10-7(22-23(18,19)20)6(17)4(1-16)21-10/h2-4,6-7,10,16-17H,1H2,(H2,11,12,13)(H2,18,19,20)/t4-,6-,7-,10?/m1/s1. The molecule has 12 nitrogen and oxygen atoms in total. The molecule has 0 spiro atoms. The molecule has 126 valence electrons. The van der Waals surface area contributed by atoms with Crippen LogP contribution in [0.25, 0.3) is 11.2 Å². The van der Waals surface area contributed by atoms with Crippen LogP contribution in [-0.2, 0) is 13.8 Å². The van der Waals surface area contributed by atoms with Crippen LogP contribution in [0.5, 0.6) is 0 Å². The van der Waals surface area contributed by atoms with E-state index in [1.807, 2.05) is 0 Å². The fourth-order valence-corrected chi connectivity index (χ4v) is 2.97. The smallest absolute Gasteiger partial charge is 0.394 e. The highest BCUT2D eigenvalue weighted by atomic mass is 31.2. The normalized spacial score (nSPS) is 28.5. The molecule has 3 heterocycles. The summed E-state index contributed by atoms with van der Waals surface area (Å²) in [4.78, 5) is 29.8. The van der Waals surface area contributed by atoms with Crippen molar-refractivity contribution >= 4 is 24.8 Å². The number of phosphoric acid groups is 1. The van der Waals surface area contributed by atoms with Gasteiger partial charge in [-0.25, -0.2) is 19.5 Å². The summed E-state index contributed by atoms with van der Waals surface area (Å²) >= 11 is 0. The first-order valence-corrected chi connectivity index (χ1v) is 7.96. The number of anilines is 1. The molecular weight excluding hydrogens is 333 g/mol. The van der Waals surface area contributed by atoms with Crippen LogP contribution in [0, 0.1) is 0 Å². The van der Waals surface area contributed by atoms with Crippen LogP contribution in [0.3, 0.4) is 0 Å². The molecule has 1 aliphatic rings. The Balaban J connectivity index is 2.04. The van der Waals surface area contributed by atoms with E-state index in [4.69, 9.17) is 20.3 Å². The summed E-state index contributed by atoms with van der Waals surface area (Å²) in [6.45, 7) is -0.567. The van der Waals surface area contributed by atoms with E-state index in [-0.39, 0.29) is 17.0 Å². The van der Waals surface area contributed by atoms with E-state index in [0.717, 1.165) is 0 Å². The molecule has 0 radical (unpaired) electrons. The number of hydrogen-bond donors (Lipinski definition) is 5. The zero-order valence-corrected chi connectivity index (χ0v) is 12.4. The maximum absolute atomic E-state index is 11.1. The summed E-state index contributed by atoms with van der Waals surface area (Å²) in [5, 5.41) is 19.3. The minimum Gasteiger partial charge on any atom is -0.394 e. The number of fused-ring (bicyclic) bond motifs is 1. The number of hydrogen-bond acceptors (Lipinski definition) is 9. The maximum Gasteiger partial charge on any atom is 0.470 e. The Morgan fingerprint density at radius 2 is 2.13 bits per heavy atom. The molecule has 6 N–H and O–H groups in total. The second-order valence-electron chi connectivity index (χ2n) is 4.88. The summed E-state index contributed by atoms with van der Waals surface area (Å²) in [6.07, 6.45) is -2.72. The van der Waals surface area contributed by atoms with Crippen molar-refractivity contribution < 1.29 is 33.8 Å². The molecule has 13 heteroatoms. The van der Waals surface area contributed by atoms with E-state index in [1.165, 1.54) is 17.2 Å². The number of aromatic nitrogens is 4. The van der Waals surface area contributed by atoms with Gasteiger partial charge >= 0.3 is 7.82 Å². The Morgan fingerprint density at radius 3 is 2.78 bits per heavy atom. The summed E-state index contributed by atoms with van der Waals surface area (Å²) in [5.41, 5.74) is 6.16. The van der Waals surface area contributed by atoms with Crippen LogP contribution < -0.4 is 5.73 Å². The zero-order valence-electron chi connectivity index (χ0n) is 11.5. The van der Waals surface area contributed by atoms with Crippen LogP contribution in [0.4, 0.5) is 5.82 Å². The van der Waals surface area contributed by atoms with Crippen LogP contribution in [0.2, 0.25) is 0 Å². The molecule has 3 rings (SSSR count). The summed E-state index contributed by atoms with van der Waals surface area (Å²) in [5.74, 6) is 0.110. The Bertz CT molecular complexity index is 763. The fraction of sp³-hybridized carbons (Fsp3) is 0.500. The number of nitrogens with zero attached hydrogens (tertiary/aromatic N) is 4. The lowest BCUT2D eigenvalue weighted by Gasteiger charge is -2.21. The van der Waals surface area contributed by atoms with Crippen molar-refractivity contribution in [3.8, 4) is 0 Å². The van der Waals surface area contributed by atoms with Crippen molar-refractivity contribution in [1.82, 2.24) is 19.5 Å². The van der Waals surface area contributed by atoms with Crippen molar-refractivity contribution in [2.24, 2.45) is 0 Å². The number of ether oxygens (including phenoxy) is 1. The number of aliphatic hydroxyl groups is 2. The lowest BCUT2D eigenvalue weighted by atomic mass is 10.1. The largest absolute Gasteiger partial charge is 0.470 e. The van der Waals surface area contributed by atoms with Crippen LogP contribution in [0.15, 0.2) is 12.7 Å². The third kappa shape index (κ3) is 2.93. The molecule has 1 fully saturated rings. The third-order valence-electron chi connectivity index (χ3n) is 3.41. The molecule has 0 saturated carbocycles. The third-order valence-corrected chi connectivity index (χ3v) is 3.93. The highest BCUT2D eigenvalue weighted by molar-refractivity contribution is 7.46. The first kappa shape index (κ1) is 16.2. The van der Waals surface area contributed by atoms with Crippen molar-refractivity contribution in [3.05, 3.63) is 12.7 Å². The summed E-state index contributed by atoms with van der Waals surface area (Å²) < 4.78 is 22.5. The number of nitrogen functional groups attached to an aromatic ring is 1. The van der Waals surface area contributed by atoms with E-state index in [2.05, 4.69) is 19.5 Å². The molecule has 4 atom stereocenters. The van der Waals surface area contributed by atoms with Gasteiger partial charge < -0.3 is 30.5 Å². The second kappa shape index (κ2) is 5.76. The van der Waals surface area contributed by atoms with Gasteiger partial charge in [-0.05, 0) is 0 Å². The molecule has 1 saturated heterocycles. The minimum absolute atomic E-state index is 0.110. The van der Waals surface area contributed by atoms with Crippen molar-refractivity contribution in [1.29, 1.82) is 0 Å². The molecule has 1 aliphatic heterocycles. The number of phosphoric ester groups is 1. The lowest BCUT2D eigenvalue weighted by Crippen LogP contribution is -2.34. The summed E-state index contributed by atoms with van der Waals surface area (Å²) in [7, 11) is -4.91. The Hall–Kier alpha value is -1.66. The van der Waals surface area contributed by atoms with Gasteiger partial charge in [0.1, 0.15) is 30.2 Å². The first-order valence-electron chi connectivity index (χ1n) is 6.43. The highest BCUT2D eigenvalue weighted by Crippen LogP contribution is 2.45. The SMILES string of the molecule is Nc1ncnc2c1ncn2C1O[C@H](CO)[C@@H](O)[C@H]1OP(=O)(O)O. The average molecular weight is 347 g/mol. The van der Waals surface area contributed by atoms with Crippen molar-refractivity contribution in [3.63, 3.8) is 0 Å². The molecule has 0 aromatic carbocycles. The quantitative estimate of drug-likeness (QED) is 0.390. The second-order valence-corrected chi connectivity index (χ2v) is 6.07. The van der Waals surface area contributed by atoms with Gasteiger partial charge in [0.05, 0.1) is 12.9 Å². The number of rotatable bonds is 4. The highest BCUT2D eigenvalue weighted by Gasteiger charge is 2.48. The van der Waals surface area contributed by atoms with E-state index < -0.39 is 39.0 Å². The molecule has 1 unspecified atom stereocenters. The molecular formula is C10H14N5O7P. The topological polar surface area (TPSA) is 186 Å². The fourth-order valence-electron chi connectivity index (χ4n) is 2.42. The average Bonchev–Trinajstić information content (AvgIpc) is 3.01. The van der Waals surface area contributed by atoms with E-state index in [1.54, 1.807) is 0 Å². The van der Waals surface area contributed by atoms with E-state index >= 15 is 0 Å². The lowest BCUT2D eigenvalue weighted by molar-refractivity contribution is -0.0505. The van der Waals surface area contributed by atoms with Crippen LogP contribution in [0.1, 0.15) is 6.23 Å². The van der Waals surface area contributed by atoms with Gasteiger partial charge in [0.15, 0.2) is 17.7 Å². The van der Waals surface area contributed by atoms with Gasteiger partial charge in [-0.1, -0.05) is 0 Å². The molecule has 23 heavy (non-hydrogen) atoms. The molecule has 0 amide bonds. The van der Waals surface area contributed by atoms with Gasteiger partial charge in [-0.15, -0.1) is 0 Å². The Labute approximate surface area is 128 Å². The van der Waals surface area contributed by atoms with Crippen LogP contribution >= 0.6 is 7.82 Å². The van der Waals surface area contributed by atoms with Gasteiger partial charge in [-0.3, -0.25) is 9.09 Å². The van der Waals surface area contributed by atoms with Crippen LogP contribution in [-0.4, -0.2) is 64.4 Å². The summed E-state index contributed by atoms with van der Waals surface area (Å²) in [6, 6.07) is 0. The molecule has 2 aromatic rings. The van der Waals surface area contributed by atoms with E-state index in [9.17, 15) is 14.8 Å². The maximum atomic E-state index is 11.1. The zero-order chi connectivity index (χ0) is 16.8. The minimum atomic E-state index is -4.91. The Morgan fingerprint density at radius 1 is 1.39 bits per heavy atom. The number of imidazole rings is 1.